The molecule has 0 heterocycles. The van der Waals surface area contributed by atoms with E-state index in [1.807, 2.05) is 0 Å². The van der Waals surface area contributed by atoms with Gasteiger partial charge < -0.3 is 14.6 Å². The van der Waals surface area contributed by atoms with Gasteiger partial charge in [0.05, 0.1) is 0 Å². The Morgan fingerprint density at radius 2 is 1.30 bits per heavy atom. The zero-order chi connectivity index (χ0) is 16.3. The van der Waals surface area contributed by atoms with Gasteiger partial charge in [-0.3, -0.25) is 0 Å². The summed E-state index contributed by atoms with van der Waals surface area (Å²) in [6.45, 7) is 0. The maximum absolute atomic E-state index is 11.9. The summed E-state index contributed by atoms with van der Waals surface area (Å²) in [6, 6.07) is 6.08. The fraction of sp³-hybridized carbons (Fsp3) is 0.632. The van der Waals surface area contributed by atoms with Crippen molar-refractivity contribution < 1.29 is 19.4 Å². The average Bonchev–Trinajstić information content (AvgIpc) is 2.52. The number of hydrogen-bond acceptors (Lipinski definition) is 4. The molecule has 1 saturated carbocycles. The van der Waals surface area contributed by atoms with Gasteiger partial charge in [-0.25, -0.2) is 4.79 Å². The van der Waals surface area contributed by atoms with Crippen LogP contribution in [0.1, 0.15) is 70.6 Å². The Kier molecular flexibility index (Phi) is 7.78. The third-order valence-corrected chi connectivity index (χ3v) is 4.35. The van der Waals surface area contributed by atoms with Crippen molar-refractivity contribution in [1.82, 2.24) is 0 Å². The topological polar surface area (TPSA) is 55.8 Å². The van der Waals surface area contributed by atoms with Gasteiger partial charge in [-0.2, -0.15) is 0 Å². The molecule has 1 aromatic rings. The van der Waals surface area contributed by atoms with Gasteiger partial charge in [0.25, 0.3) is 0 Å². The summed E-state index contributed by atoms with van der Waals surface area (Å²) in [5.74, 6) is 0.533. The van der Waals surface area contributed by atoms with E-state index in [9.17, 15) is 9.90 Å². The zero-order valence-corrected chi connectivity index (χ0v) is 13.8. The van der Waals surface area contributed by atoms with Crippen LogP contribution in [0.5, 0.6) is 11.5 Å². The van der Waals surface area contributed by atoms with Crippen LogP contribution in [0.25, 0.3) is 0 Å². The van der Waals surface area contributed by atoms with Gasteiger partial charge in [-0.05, 0) is 49.9 Å². The van der Waals surface area contributed by atoms with Crippen molar-refractivity contribution in [3.05, 3.63) is 24.3 Å². The Labute approximate surface area is 138 Å². The van der Waals surface area contributed by atoms with Gasteiger partial charge in [0.1, 0.15) is 17.6 Å². The molecule has 23 heavy (non-hydrogen) atoms. The van der Waals surface area contributed by atoms with E-state index in [4.69, 9.17) is 9.47 Å². The smallest absolute Gasteiger partial charge is 0.508 e. The summed E-state index contributed by atoms with van der Waals surface area (Å²) in [7, 11) is 0. The van der Waals surface area contributed by atoms with Gasteiger partial charge >= 0.3 is 6.16 Å². The molecule has 0 saturated heterocycles. The Morgan fingerprint density at radius 3 is 1.83 bits per heavy atom. The lowest BCUT2D eigenvalue weighted by Gasteiger charge is -2.18. The molecule has 1 fully saturated rings. The van der Waals surface area contributed by atoms with Gasteiger partial charge in [0.2, 0.25) is 0 Å². The van der Waals surface area contributed by atoms with Gasteiger partial charge in [0.15, 0.2) is 0 Å². The molecular formula is C19H28O4. The summed E-state index contributed by atoms with van der Waals surface area (Å²) in [6.07, 6.45) is 12.4. The molecule has 1 aliphatic carbocycles. The van der Waals surface area contributed by atoms with Crippen LogP contribution in [0.3, 0.4) is 0 Å². The van der Waals surface area contributed by atoms with Crippen LogP contribution in [0, 0.1) is 0 Å². The average molecular weight is 320 g/mol. The number of ether oxygens (including phenoxy) is 2. The van der Waals surface area contributed by atoms with Crippen molar-refractivity contribution in [2.75, 3.05) is 0 Å². The van der Waals surface area contributed by atoms with Crippen molar-refractivity contribution in [1.29, 1.82) is 0 Å². The second kappa shape index (κ2) is 10.1. The predicted molar refractivity (Wildman–Crippen MR) is 89.8 cm³/mol. The molecule has 128 valence electrons. The zero-order valence-electron chi connectivity index (χ0n) is 13.8. The lowest BCUT2D eigenvalue weighted by molar-refractivity contribution is 0.0482. The normalized spacial score (nSPS) is 18.4. The molecule has 0 spiro atoms. The predicted octanol–water partition coefficient (Wildman–Crippen LogP) is 5.58. The molecule has 4 heteroatoms. The molecule has 0 bridgehead atoms. The minimum Gasteiger partial charge on any atom is -0.508 e. The third-order valence-electron chi connectivity index (χ3n) is 4.35. The highest BCUT2D eigenvalue weighted by Crippen LogP contribution is 2.20. The van der Waals surface area contributed by atoms with Gasteiger partial charge in [-0.1, -0.05) is 44.9 Å². The van der Waals surface area contributed by atoms with E-state index < -0.39 is 6.16 Å². The van der Waals surface area contributed by atoms with Crippen LogP contribution in [0.2, 0.25) is 0 Å². The van der Waals surface area contributed by atoms with Crippen LogP contribution in [0.15, 0.2) is 24.3 Å². The van der Waals surface area contributed by atoms with Crippen molar-refractivity contribution in [3.8, 4) is 11.5 Å². The molecule has 0 unspecified atom stereocenters. The minimum absolute atomic E-state index is 0.0426. The van der Waals surface area contributed by atoms with Crippen molar-refractivity contribution in [2.45, 2.75) is 76.7 Å². The lowest BCUT2D eigenvalue weighted by atomic mass is 9.99. The number of carbonyl (C=O) groups is 1. The van der Waals surface area contributed by atoms with E-state index in [2.05, 4.69) is 0 Å². The first-order valence-electron chi connectivity index (χ1n) is 8.91. The second-order valence-corrected chi connectivity index (χ2v) is 6.35. The van der Waals surface area contributed by atoms with Crippen LogP contribution >= 0.6 is 0 Å². The first-order valence-corrected chi connectivity index (χ1v) is 8.91. The highest BCUT2D eigenvalue weighted by atomic mass is 16.7. The van der Waals surface area contributed by atoms with Crippen molar-refractivity contribution in [3.63, 3.8) is 0 Å². The molecule has 1 aliphatic rings. The summed E-state index contributed by atoms with van der Waals surface area (Å²) in [4.78, 5) is 11.9. The minimum atomic E-state index is -0.646. The van der Waals surface area contributed by atoms with E-state index in [1.54, 1.807) is 12.1 Å². The number of rotatable bonds is 2. The van der Waals surface area contributed by atoms with Crippen molar-refractivity contribution >= 4 is 6.16 Å². The third kappa shape index (κ3) is 7.40. The van der Waals surface area contributed by atoms with Crippen LogP contribution in [-0.4, -0.2) is 17.4 Å². The quantitative estimate of drug-likeness (QED) is 0.571. The number of aromatic hydroxyl groups is 1. The first-order chi connectivity index (χ1) is 11.2. The van der Waals surface area contributed by atoms with Crippen LogP contribution in [-0.2, 0) is 4.74 Å². The number of phenols is 1. The summed E-state index contributed by atoms with van der Waals surface area (Å²) in [5.41, 5.74) is 0. The molecule has 0 aromatic heterocycles. The summed E-state index contributed by atoms with van der Waals surface area (Å²) in [5, 5.41) is 9.23. The number of carbonyl (C=O) groups excluding carboxylic acids is 1. The highest BCUT2D eigenvalue weighted by molar-refractivity contribution is 5.64. The lowest BCUT2D eigenvalue weighted by Crippen LogP contribution is -2.21. The summed E-state index contributed by atoms with van der Waals surface area (Å²) < 4.78 is 10.7. The fourth-order valence-electron chi connectivity index (χ4n) is 3.01. The number of phenolic OH excluding ortho intramolecular Hbond substituents is 1. The van der Waals surface area contributed by atoms with E-state index in [-0.39, 0.29) is 11.9 Å². The molecule has 4 nitrogen and oxygen atoms in total. The molecular weight excluding hydrogens is 292 g/mol. The first kappa shape index (κ1) is 17.6. The van der Waals surface area contributed by atoms with Gasteiger partial charge in [0, 0.05) is 0 Å². The van der Waals surface area contributed by atoms with Gasteiger partial charge in [-0.15, -0.1) is 0 Å². The van der Waals surface area contributed by atoms with E-state index in [0.29, 0.717) is 5.75 Å². The molecule has 1 aromatic carbocycles. The number of hydrogen-bond donors (Lipinski definition) is 1. The molecule has 1 N–H and O–H groups in total. The second-order valence-electron chi connectivity index (χ2n) is 6.35. The molecule has 2 rings (SSSR count). The summed E-state index contributed by atoms with van der Waals surface area (Å²) >= 11 is 0. The van der Waals surface area contributed by atoms with Crippen molar-refractivity contribution in [2.24, 2.45) is 0 Å². The molecule has 0 atom stereocenters. The molecule has 0 radical (unpaired) electrons. The fourth-order valence-corrected chi connectivity index (χ4v) is 3.01. The Morgan fingerprint density at radius 1 is 0.826 bits per heavy atom. The van der Waals surface area contributed by atoms with E-state index >= 15 is 0 Å². The van der Waals surface area contributed by atoms with E-state index in [1.165, 1.54) is 57.1 Å². The maximum atomic E-state index is 11.9. The maximum Gasteiger partial charge on any atom is 0.514 e. The van der Waals surface area contributed by atoms with Crippen LogP contribution < -0.4 is 4.74 Å². The van der Waals surface area contributed by atoms with E-state index in [0.717, 1.165) is 25.7 Å². The SMILES string of the molecule is O=C(Oc1ccc(O)cc1)OC1CCCCCCCCCCC1. The Balaban J connectivity index is 1.79. The largest absolute Gasteiger partial charge is 0.514 e. The standard InChI is InChI=1S/C19H28O4/c20-16-12-14-18(15-13-16)23-19(21)22-17-10-8-6-4-2-1-3-5-7-9-11-17/h12-15,17,20H,1-11H2. The molecule has 0 amide bonds. The number of benzene rings is 1. The Bertz CT molecular complexity index is 443. The highest BCUT2D eigenvalue weighted by Gasteiger charge is 2.16. The monoisotopic (exact) mass is 320 g/mol. The molecule has 0 aliphatic heterocycles. The van der Waals surface area contributed by atoms with Crippen LogP contribution in [0.4, 0.5) is 4.79 Å². The Hall–Kier alpha value is -1.71.